The first-order valence-corrected chi connectivity index (χ1v) is 12.6. The second-order valence-corrected chi connectivity index (χ2v) is 10.4. The normalized spacial score (nSPS) is 11.8. The zero-order valence-electron chi connectivity index (χ0n) is 18.9. The number of nitrogens with zero attached hydrogens (tertiary/aromatic N) is 1. The highest BCUT2D eigenvalue weighted by Gasteiger charge is 2.26. The van der Waals surface area contributed by atoms with Crippen molar-refractivity contribution in [3.63, 3.8) is 0 Å². The molecular weight excluding hydrogens is 472 g/mol. The van der Waals surface area contributed by atoms with Gasteiger partial charge < -0.3 is 9.72 Å². The molecule has 0 bridgehead atoms. The number of aryl methyl sites for hydroxylation is 1. The largest absolute Gasteiger partial charge is 0.497 e. The lowest BCUT2D eigenvalue weighted by molar-refractivity contribution is 0.408. The Kier molecular flexibility index (Phi) is 7.07. The van der Waals surface area contributed by atoms with Crippen LogP contribution in [0.1, 0.15) is 16.7 Å². The van der Waals surface area contributed by atoms with Gasteiger partial charge in [-0.1, -0.05) is 35.9 Å². The van der Waals surface area contributed by atoms with Crippen molar-refractivity contribution in [1.29, 1.82) is 0 Å². The first-order valence-electron chi connectivity index (χ1n) is 10.8. The average molecular weight is 497 g/mol. The molecule has 6 nitrogen and oxygen atoms in total. The number of H-pyrrole nitrogens is 1. The van der Waals surface area contributed by atoms with Crippen molar-refractivity contribution in [3.05, 3.63) is 105 Å². The summed E-state index contributed by atoms with van der Waals surface area (Å²) in [7, 11) is -2.32. The van der Waals surface area contributed by atoms with E-state index in [4.69, 9.17) is 16.3 Å². The lowest BCUT2D eigenvalue weighted by Crippen LogP contribution is -2.34. The van der Waals surface area contributed by atoms with Crippen molar-refractivity contribution in [3.8, 4) is 5.75 Å². The summed E-state index contributed by atoms with van der Waals surface area (Å²) in [5.41, 5.74) is 2.81. The lowest BCUT2D eigenvalue weighted by atomic mass is 10.1. The molecule has 1 aromatic heterocycles. The maximum atomic E-state index is 13.6. The van der Waals surface area contributed by atoms with Gasteiger partial charge in [0.1, 0.15) is 5.75 Å². The molecule has 0 atom stereocenters. The Morgan fingerprint density at radius 1 is 0.971 bits per heavy atom. The van der Waals surface area contributed by atoms with E-state index in [0.717, 1.165) is 16.5 Å². The molecule has 4 rings (SSSR count). The van der Waals surface area contributed by atoms with Gasteiger partial charge in [-0.15, -0.1) is 0 Å². The third kappa shape index (κ3) is 5.17. The molecule has 0 radical (unpaired) electrons. The number of aromatic amines is 1. The molecular formula is C26H25ClN2O4S. The predicted molar refractivity (Wildman–Crippen MR) is 135 cm³/mol. The number of aromatic nitrogens is 1. The van der Waals surface area contributed by atoms with Gasteiger partial charge in [-0.3, -0.25) is 4.79 Å². The molecule has 0 unspecified atom stereocenters. The highest BCUT2D eigenvalue weighted by molar-refractivity contribution is 7.89. The molecule has 0 aliphatic carbocycles. The molecule has 34 heavy (non-hydrogen) atoms. The van der Waals surface area contributed by atoms with Crippen LogP contribution in [0.2, 0.25) is 5.02 Å². The van der Waals surface area contributed by atoms with Gasteiger partial charge in [-0.25, -0.2) is 8.42 Å². The van der Waals surface area contributed by atoms with Crippen LogP contribution in [0.4, 0.5) is 0 Å². The first kappa shape index (κ1) is 24.0. The van der Waals surface area contributed by atoms with Crippen LogP contribution in [0.15, 0.2) is 82.5 Å². The Bertz CT molecular complexity index is 1480. The van der Waals surface area contributed by atoms with Gasteiger partial charge in [0.05, 0.1) is 12.0 Å². The van der Waals surface area contributed by atoms with Crippen molar-refractivity contribution in [2.75, 3.05) is 13.7 Å². The number of rotatable bonds is 8. The second-order valence-electron chi connectivity index (χ2n) is 8.05. The number of benzene rings is 3. The first-order chi connectivity index (χ1) is 16.3. The standard InChI is InChI=1S/C26H25ClN2O4S/c1-18-5-3-4-6-19(18)13-14-29(34(31,32)24-10-7-22(27)8-11-24)17-21-15-20-16-23(33-2)9-12-25(20)28-26(21)30/h3-12,15-16H,13-14,17H2,1-2H3,(H,28,30). The SMILES string of the molecule is COc1ccc2[nH]c(=O)c(CN(CCc3ccccc3C)S(=O)(=O)c3ccc(Cl)cc3)cc2c1. The molecule has 4 aromatic rings. The summed E-state index contributed by atoms with van der Waals surface area (Å²) in [6.45, 7) is 2.14. The number of fused-ring (bicyclic) bond motifs is 1. The van der Waals surface area contributed by atoms with Crippen LogP contribution in [0, 0.1) is 6.92 Å². The predicted octanol–water partition coefficient (Wildman–Crippen LogP) is 4.93. The summed E-state index contributed by atoms with van der Waals surface area (Å²) in [6, 6.07) is 21.0. The van der Waals surface area contributed by atoms with E-state index in [2.05, 4.69) is 4.98 Å². The van der Waals surface area contributed by atoms with Crippen molar-refractivity contribution in [1.82, 2.24) is 9.29 Å². The Labute approximate surface area is 203 Å². The molecule has 1 heterocycles. The smallest absolute Gasteiger partial charge is 0.252 e. The summed E-state index contributed by atoms with van der Waals surface area (Å²) in [5.74, 6) is 0.649. The minimum atomic E-state index is -3.88. The van der Waals surface area contributed by atoms with Crippen LogP contribution in [-0.2, 0) is 23.0 Å². The Morgan fingerprint density at radius 2 is 1.71 bits per heavy atom. The van der Waals surface area contributed by atoms with Crippen LogP contribution >= 0.6 is 11.6 Å². The topological polar surface area (TPSA) is 79.5 Å². The van der Waals surface area contributed by atoms with Gasteiger partial charge in [0.15, 0.2) is 0 Å². The summed E-state index contributed by atoms with van der Waals surface area (Å²) < 4.78 is 33.8. The van der Waals surface area contributed by atoms with E-state index in [1.165, 1.54) is 16.4 Å². The van der Waals surface area contributed by atoms with E-state index in [0.29, 0.717) is 28.3 Å². The second kappa shape index (κ2) is 10.0. The van der Waals surface area contributed by atoms with Gasteiger partial charge in [0.25, 0.3) is 5.56 Å². The number of nitrogens with one attached hydrogen (secondary N) is 1. The maximum absolute atomic E-state index is 13.6. The van der Waals surface area contributed by atoms with E-state index in [1.54, 1.807) is 43.5 Å². The number of ether oxygens (including phenoxy) is 1. The molecule has 0 fully saturated rings. The van der Waals surface area contributed by atoms with E-state index >= 15 is 0 Å². The minimum absolute atomic E-state index is 0.0701. The Hall–Kier alpha value is -3.13. The lowest BCUT2D eigenvalue weighted by Gasteiger charge is -2.23. The fourth-order valence-electron chi connectivity index (χ4n) is 3.84. The fourth-order valence-corrected chi connectivity index (χ4v) is 5.38. The molecule has 0 amide bonds. The molecule has 0 spiro atoms. The average Bonchev–Trinajstić information content (AvgIpc) is 2.82. The zero-order chi connectivity index (χ0) is 24.3. The van der Waals surface area contributed by atoms with Crippen molar-refractivity contribution >= 4 is 32.5 Å². The summed E-state index contributed by atoms with van der Waals surface area (Å²) in [5, 5.41) is 1.21. The molecule has 3 aromatic carbocycles. The van der Waals surface area contributed by atoms with Gasteiger partial charge in [0, 0.05) is 34.6 Å². The molecule has 176 valence electrons. The van der Waals surface area contributed by atoms with Crippen LogP contribution in [0.3, 0.4) is 0 Å². The van der Waals surface area contributed by atoms with Crippen molar-refractivity contribution < 1.29 is 13.2 Å². The van der Waals surface area contributed by atoms with E-state index in [9.17, 15) is 13.2 Å². The molecule has 8 heteroatoms. The quantitative estimate of drug-likeness (QED) is 0.375. The molecule has 1 N–H and O–H groups in total. The minimum Gasteiger partial charge on any atom is -0.497 e. The van der Waals surface area contributed by atoms with E-state index in [-0.39, 0.29) is 23.5 Å². The van der Waals surface area contributed by atoms with Crippen molar-refractivity contribution in [2.45, 2.75) is 24.8 Å². The van der Waals surface area contributed by atoms with Crippen LogP contribution in [0.5, 0.6) is 5.75 Å². The molecule has 0 saturated carbocycles. The van der Waals surface area contributed by atoms with E-state index < -0.39 is 10.0 Å². The van der Waals surface area contributed by atoms with Crippen LogP contribution in [-0.4, -0.2) is 31.4 Å². The van der Waals surface area contributed by atoms with Crippen LogP contribution in [0.25, 0.3) is 10.9 Å². The number of hydrogen-bond donors (Lipinski definition) is 1. The maximum Gasteiger partial charge on any atom is 0.252 e. The molecule has 0 aliphatic rings. The zero-order valence-corrected chi connectivity index (χ0v) is 20.5. The van der Waals surface area contributed by atoms with Gasteiger partial charge in [-0.2, -0.15) is 4.31 Å². The monoisotopic (exact) mass is 496 g/mol. The summed E-state index contributed by atoms with van der Waals surface area (Å²) in [6.07, 6.45) is 0.513. The van der Waals surface area contributed by atoms with Crippen LogP contribution < -0.4 is 10.3 Å². The summed E-state index contributed by atoms with van der Waals surface area (Å²) >= 11 is 5.97. The number of methoxy groups -OCH3 is 1. The Balaban J connectivity index is 1.73. The van der Waals surface area contributed by atoms with Gasteiger partial charge in [-0.05, 0) is 73.0 Å². The fraction of sp³-hybridized carbons (Fsp3) is 0.192. The summed E-state index contributed by atoms with van der Waals surface area (Å²) in [4.78, 5) is 15.8. The highest BCUT2D eigenvalue weighted by atomic mass is 35.5. The van der Waals surface area contributed by atoms with Crippen molar-refractivity contribution in [2.24, 2.45) is 0 Å². The Morgan fingerprint density at radius 3 is 2.41 bits per heavy atom. The molecule has 0 saturated heterocycles. The highest BCUT2D eigenvalue weighted by Crippen LogP contribution is 2.23. The third-order valence-corrected chi connectivity index (χ3v) is 7.93. The number of pyridine rings is 1. The third-order valence-electron chi connectivity index (χ3n) is 5.82. The van der Waals surface area contributed by atoms with Gasteiger partial charge >= 0.3 is 0 Å². The number of halogens is 1. The van der Waals surface area contributed by atoms with E-state index in [1.807, 2.05) is 31.2 Å². The number of sulfonamides is 1. The number of hydrogen-bond acceptors (Lipinski definition) is 4. The molecule has 0 aliphatic heterocycles. The van der Waals surface area contributed by atoms with Gasteiger partial charge in [0.2, 0.25) is 10.0 Å².